The van der Waals surface area contributed by atoms with Gasteiger partial charge in [0, 0.05) is 19.1 Å². The van der Waals surface area contributed by atoms with Crippen LogP contribution in [0.15, 0.2) is 24.3 Å². The third-order valence-corrected chi connectivity index (χ3v) is 5.39. The smallest absolute Gasteiger partial charge is 0.341 e. The molecular formula is C19H28N2O3. The number of para-hydroxylation sites is 1. The molecule has 0 N–H and O–H groups in total. The van der Waals surface area contributed by atoms with Crippen molar-refractivity contribution >= 4 is 5.97 Å². The molecule has 132 valence electrons. The van der Waals surface area contributed by atoms with Gasteiger partial charge in [0.25, 0.3) is 0 Å². The van der Waals surface area contributed by atoms with Gasteiger partial charge in [0.1, 0.15) is 17.9 Å². The van der Waals surface area contributed by atoms with Crippen LogP contribution < -0.4 is 4.74 Å². The molecule has 0 unspecified atom stereocenters. The summed E-state index contributed by atoms with van der Waals surface area (Å²) in [5.41, 5.74) is 0.493. The first-order chi connectivity index (χ1) is 11.7. The molecule has 2 fully saturated rings. The molecule has 2 heterocycles. The zero-order valence-corrected chi connectivity index (χ0v) is 14.7. The molecule has 0 saturated carbocycles. The fraction of sp³-hybridized carbons (Fsp3) is 0.632. The second-order valence-corrected chi connectivity index (χ2v) is 6.88. The van der Waals surface area contributed by atoms with Crippen molar-refractivity contribution in [1.82, 2.24) is 9.80 Å². The van der Waals surface area contributed by atoms with E-state index in [1.165, 1.54) is 32.9 Å². The molecule has 24 heavy (non-hydrogen) atoms. The van der Waals surface area contributed by atoms with E-state index in [9.17, 15) is 4.79 Å². The van der Waals surface area contributed by atoms with Crippen LogP contribution in [0.25, 0.3) is 0 Å². The minimum Gasteiger partial charge on any atom is -0.491 e. The van der Waals surface area contributed by atoms with Crippen LogP contribution in [0.1, 0.15) is 29.6 Å². The summed E-state index contributed by atoms with van der Waals surface area (Å²) in [5, 5.41) is 0. The molecule has 0 radical (unpaired) electrons. The summed E-state index contributed by atoms with van der Waals surface area (Å²) in [7, 11) is 3.66. The highest BCUT2D eigenvalue weighted by atomic mass is 16.5. The number of likely N-dealkylation sites (tertiary alicyclic amines) is 2. The number of esters is 1. The zero-order chi connectivity index (χ0) is 16.9. The van der Waals surface area contributed by atoms with Crippen molar-refractivity contribution in [3.8, 4) is 5.75 Å². The normalized spacial score (nSPS) is 25.1. The number of benzene rings is 1. The number of fused-ring (bicyclic) bond motifs is 1. The highest BCUT2D eigenvalue weighted by Crippen LogP contribution is 2.29. The van der Waals surface area contributed by atoms with Gasteiger partial charge in [-0.1, -0.05) is 12.1 Å². The molecule has 1 aromatic rings. The number of methoxy groups -OCH3 is 1. The van der Waals surface area contributed by atoms with E-state index in [4.69, 9.17) is 9.47 Å². The molecule has 2 saturated heterocycles. The van der Waals surface area contributed by atoms with E-state index in [1.807, 2.05) is 18.2 Å². The van der Waals surface area contributed by atoms with Gasteiger partial charge in [-0.25, -0.2) is 4.79 Å². The van der Waals surface area contributed by atoms with Gasteiger partial charge < -0.3 is 14.4 Å². The van der Waals surface area contributed by atoms with E-state index in [0.29, 0.717) is 17.9 Å². The summed E-state index contributed by atoms with van der Waals surface area (Å²) in [6.07, 6.45) is 3.91. The van der Waals surface area contributed by atoms with Crippen LogP contribution in [-0.4, -0.2) is 68.8 Å². The number of nitrogens with zero attached hydrogens (tertiary/aromatic N) is 2. The van der Waals surface area contributed by atoms with Crippen LogP contribution in [0.4, 0.5) is 0 Å². The third kappa shape index (κ3) is 3.90. The lowest BCUT2D eigenvalue weighted by Crippen LogP contribution is -2.53. The highest BCUT2D eigenvalue weighted by Gasteiger charge is 2.33. The first kappa shape index (κ1) is 17.2. The van der Waals surface area contributed by atoms with Gasteiger partial charge in [0.05, 0.1) is 7.11 Å². The predicted molar refractivity (Wildman–Crippen MR) is 93.5 cm³/mol. The van der Waals surface area contributed by atoms with Gasteiger partial charge in [-0.3, -0.25) is 4.90 Å². The molecule has 5 nitrogen and oxygen atoms in total. The Kier molecular flexibility index (Phi) is 5.74. The van der Waals surface area contributed by atoms with Crippen molar-refractivity contribution in [3.63, 3.8) is 0 Å². The molecule has 0 spiro atoms. The average molecular weight is 332 g/mol. The third-order valence-electron chi connectivity index (χ3n) is 5.39. The molecule has 3 rings (SSSR count). The largest absolute Gasteiger partial charge is 0.491 e. The topological polar surface area (TPSA) is 42.0 Å². The van der Waals surface area contributed by atoms with Crippen LogP contribution in [0.5, 0.6) is 5.75 Å². The minimum absolute atomic E-state index is 0.350. The maximum atomic E-state index is 11.8. The van der Waals surface area contributed by atoms with Gasteiger partial charge in [-0.15, -0.1) is 0 Å². The molecule has 0 bridgehead atoms. The number of ether oxygens (including phenoxy) is 2. The summed E-state index contributed by atoms with van der Waals surface area (Å²) in [4.78, 5) is 16.8. The summed E-state index contributed by atoms with van der Waals surface area (Å²) in [6.45, 7) is 5.04. The van der Waals surface area contributed by atoms with E-state index in [-0.39, 0.29) is 5.97 Å². The van der Waals surface area contributed by atoms with Gasteiger partial charge in [0.2, 0.25) is 0 Å². The molecule has 0 aliphatic carbocycles. The monoisotopic (exact) mass is 332 g/mol. The van der Waals surface area contributed by atoms with Crippen LogP contribution >= 0.6 is 0 Å². The Morgan fingerprint density at radius 3 is 2.92 bits per heavy atom. The lowest BCUT2D eigenvalue weighted by molar-refractivity contribution is 0.0336. The standard InChI is InChI=1S/C19H28N2O3/c1-20-10-5-6-15-14-21(11-9-17(15)20)12-13-24-18-8-4-3-7-16(18)19(22)23-2/h3-4,7-8,15,17H,5-6,9-14H2,1-2H3/t15-,17+/m0/s1. The van der Waals surface area contributed by atoms with Crippen molar-refractivity contribution in [2.24, 2.45) is 5.92 Å². The van der Waals surface area contributed by atoms with Crippen molar-refractivity contribution in [2.75, 3.05) is 46.9 Å². The SMILES string of the molecule is COC(=O)c1ccccc1OCCN1CC[C@@H]2[C@@H](CCCN2C)C1. The van der Waals surface area contributed by atoms with Crippen LogP contribution in [0.2, 0.25) is 0 Å². The van der Waals surface area contributed by atoms with Gasteiger partial charge in [0.15, 0.2) is 0 Å². The second-order valence-electron chi connectivity index (χ2n) is 6.88. The van der Waals surface area contributed by atoms with Gasteiger partial charge >= 0.3 is 5.97 Å². The molecule has 2 aliphatic heterocycles. The van der Waals surface area contributed by atoms with Crippen molar-refractivity contribution in [1.29, 1.82) is 0 Å². The number of hydrogen-bond donors (Lipinski definition) is 0. The quantitative estimate of drug-likeness (QED) is 0.774. The van der Waals surface area contributed by atoms with Crippen molar-refractivity contribution < 1.29 is 14.3 Å². The Hall–Kier alpha value is -1.59. The molecule has 0 amide bonds. The average Bonchev–Trinajstić information content (AvgIpc) is 2.61. The van der Waals surface area contributed by atoms with Gasteiger partial charge in [-0.2, -0.15) is 0 Å². The summed E-state index contributed by atoms with van der Waals surface area (Å²) in [6, 6.07) is 8.03. The number of piperidine rings is 2. The summed E-state index contributed by atoms with van der Waals surface area (Å²) >= 11 is 0. The second kappa shape index (κ2) is 7.99. The predicted octanol–water partition coefficient (Wildman–Crippen LogP) is 2.27. The first-order valence-corrected chi connectivity index (χ1v) is 8.92. The molecule has 5 heteroatoms. The molecule has 1 aromatic carbocycles. The van der Waals surface area contributed by atoms with Crippen molar-refractivity contribution in [3.05, 3.63) is 29.8 Å². The van der Waals surface area contributed by atoms with E-state index in [0.717, 1.165) is 31.6 Å². The fourth-order valence-corrected chi connectivity index (χ4v) is 4.09. The van der Waals surface area contributed by atoms with E-state index in [2.05, 4.69) is 16.8 Å². The van der Waals surface area contributed by atoms with Gasteiger partial charge in [-0.05, 0) is 57.5 Å². The first-order valence-electron chi connectivity index (χ1n) is 8.92. The Morgan fingerprint density at radius 1 is 1.25 bits per heavy atom. The number of rotatable bonds is 5. The highest BCUT2D eigenvalue weighted by molar-refractivity contribution is 5.92. The number of hydrogen-bond acceptors (Lipinski definition) is 5. The van der Waals surface area contributed by atoms with E-state index < -0.39 is 0 Å². The fourth-order valence-electron chi connectivity index (χ4n) is 4.09. The molecule has 0 aromatic heterocycles. The Labute approximate surface area is 144 Å². The molecule has 2 atom stereocenters. The van der Waals surface area contributed by atoms with E-state index >= 15 is 0 Å². The minimum atomic E-state index is -0.350. The number of carbonyl (C=O) groups is 1. The lowest BCUT2D eigenvalue weighted by Gasteiger charge is -2.46. The maximum Gasteiger partial charge on any atom is 0.341 e. The molecular weight excluding hydrogens is 304 g/mol. The van der Waals surface area contributed by atoms with Crippen LogP contribution in [0.3, 0.4) is 0 Å². The lowest BCUT2D eigenvalue weighted by atomic mass is 9.84. The van der Waals surface area contributed by atoms with Crippen LogP contribution in [-0.2, 0) is 4.74 Å². The summed E-state index contributed by atoms with van der Waals surface area (Å²) < 4.78 is 10.7. The zero-order valence-electron chi connectivity index (χ0n) is 14.7. The maximum absolute atomic E-state index is 11.8. The Bertz CT molecular complexity index is 563. The van der Waals surface area contributed by atoms with Crippen molar-refractivity contribution in [2.45, 2.75) is 25.3 Å². The van der Waals surface area contributed by atoms with E-state index in [1.54, 1.807) is 6.07 Å². The van der Waals surface area contributed by atoms with Crippen LogP contribution in [0, 0.1) is 5.92 Å². The Morgan fingerprint density at radius 2 is 2.08 bits per heavy atom. The Balaban J connectivity index is 1.50. The number of carbonyl (C=O) groups excluding carboxylic acids is 1. The molecule has 2 aliphatic rings. The summed E-state index contributed by atoms with van der Waals surface area (Å²) in [5.74, 6) is 1.05.